The lowest BCUT2D eigenvalue weighted by molar-refractivity contribution is -0.00378. The van der Waals surface area contributed by atoms with E-state index < -0.39 is 5.60 Å². The standard InChI is InChI=1S/C30H42N4O4/c1-21-14-22(2)34(31-21)27-9-7-8-24(15-27)25(16-28(20-35)37-6)17-32-12-10-23-11-13-33(19-26(23)18-32)29(36)38-30(3,4)5/h7-9,14-15,23,25-26H,10-13,16-19H2,1-6H3/t23?,25-,26?/m1/s1. The quantitative estimate of drug-likeness (QED) is 0.380. The van der Waals surface area contributed by atoms with Crippen LogP contribution in [-0.4, -0.2) is 77.0 Å². The van der Waals surface area contributed by atoms with E-state index in [1.165, 1.54) is 7.11 Å². The molecular formula is C30H42N4O4. The number of likely N-dealkylation sites (tertiary alicyclic amines) is 2. The van der Waals surface area contributed by atoms with Gasteiger partial charge in [-0.15, -0.1) is 0 Å². The number of piperidine rings is 2. The fourth-order valence-electron chi connectivity index (χ4n) is 5.89. The minimum absolute atomic E-state index is 0.0606. The Balaban J connectivity index is 1.50. The Morgan fingerprint density at radius 2 is 1.89 bits per heavy atom. The van der Waals surface area contributed by atoms with Crippen molar-refractivity contribution in [1.82, 2.24) is 19.6 Å². The number of benzene rings is 1. The summed E-state index contributed by atoms with van der Waals surface area (Å²) < 4.78 is 12.9. The van der Waals surface area contributed by atoms with Crippen molar-refractivity contribution in [3.63, 3.8) is 0 Å². The molecule has 8 heteroatoms. The Morgan fingerprint density at radius 1 is 1.13 bits per heavy atom. The minimum Gasteiger partial charge on any atom is -0.490 e. The van der Waals surface area contributed by atoms with Gasteiger partial charge < -0.3 is 19.3 Å². The fraction of sp³-hybridized carbons (Fsp3) is 0.600. The topological polar surface area (TPSA) is 76.9 Å². The second kappa shape index (κ2) is 11.7. The smallest absolute Gasteiger partial charge is 0.410 e. The second-order valence-electron chi connectivity index (χ2n) is 11.8. The van der Waals surface area contributed by atoms with Crippen molar-refractivity contribution in [3.8, 4) is 5.69 Å². The van der Waals surface area contributed by atoms with Gasteiger partial charge in [-0.3, -0.25) is 0 Å². The molecule has 2 aliphatic rings. The lowest BCUT2D eigenvalue weighted by Crippen LogP contribution is -2.52. The fourth-order valence-corrected chi connectivity index (χ4v) is 5.89. The van der Waals surface area contributed by atoms with Crippen LogP contribution in [-0.2, 0) is 14.3 Å². The van der Waals surface area contributed by atoms with Crippen molar-refractivity contribution in [3.05, 3.63) is 53.0 Å². The average Bonchev–Trinajstić information content (AvgIpc) is 3.22. The van der Waals surface area contributed by atoms with Crippen molar-refractivity contribution in [2.45, 2.75) is 65.4 Å². The van der Waals surface area contributed by atoms with Crippen LogP contribution in [0.25, 0.3) is 5.69 Å². The highest BCUT2D eigenvalue weighted by molar-refractivity contribution is 5.68. The van der Waals surface area contributed by atoms with Gasteiger partial charge in [0.05, 0.1) is 18.5 Å². The van der Waals surface area contributed by atoms with Crippen molar-refractivity contribution in [2.24, 2.45) is 11.8 Å². The van der Waals surface area contributed by atoms with Gasteiger partial charge in [0.1, 0.15) is 5.60 Å². The predicted octanol–water partition coefficient (Wildman–Crippen LogP) is 4.90. The van der Waals surface area contributed by atoms with Crippen molar-refractivity contribution in [1.29, 1.82) is 0 Å². The van der Waals surface area contributed by atoms with Gasteiger partial charge in [-0.25, -0.2) is 14.3 Å². The molecule has 2 aliphatic heterocycles. The molecule has 0 aliphatic carbocycles. The maximum Gasteiger partial charge on any atom is 0.410 e. The average molecular weight is 523 g/mol. The third kappa shape index (κ3) is 6.86. The molecule has 38 heavy (non-hydrogen) atoms. The van der Waals surface area contributed by atoms with Gasteiger partial charge in [-0.1, -0.05) is 12.1 Å². The van der Waals surface area contributed by atoms with Gasteiger partial charge in [0, 0.05) is 44.2 Å². The molecule has 1 aromatic carbocycles. The molecule has 3 heterocycles. The van der Waals surface area contributed by atoms with Gasteiger partial charge >= 0.3 is 6.09 Å². The molecule has 2 unspecified atom stereocenters. The number of rotatable bonds is 7. The number of hydrogen-bond acceptors (Lipinski definition) is 6. The Morgan fingerprint density at radius 3 is 2.55 bits per heavy atom. The molecule has 8 nitrogen and oxygen atoms in total. The molecule has 0 spiro atoms. The van der Waals surface area contributed by atoms with Gasteiger partial charge in [0.2, 0.25) is 0 Å². The molecule has 1 amide bonds. The summed E-state index contributed by atoms with van der Waals surface area (Å²) in [6.45, 7) is 14.0. The number of hydrogen-bond donors (Lipinski definition) is 0. The van der Waals surface area contributed by atoms with E-state index in [0.717, 1.165) is 68.2 Å². The molecule has 0 saturated carbocycles. The minimum atomic E-state index is -0.493. The summed E-state index contributed by atoms with van der Waals surface area (Å²) in [4.78, 5) is 28.6. The number of allylic oxidation sites excluding steroid dienone is 1. The second-order valence-corrected chi connectivity index (χ2v) is 11.8. The molecule has 0 radical (unpaired) electrons. The first-order chi connectivity index (χ1) is 18.1. The normalized spacial score (nSPS) is 20.8. The Bertz CT molecular complexity index is 1180. The molecule has 2 aromatic rings. The lowest BCUT2D eigenvalue weighted by atomic mass is 9.79. The van der Waals surface area contributed by atoms with Crippen molar-refractivity contribution < 1.29 is 19.1 Å². The first-order valence-corrected chi connectivity index (χ1v) is 13.7. The zero-order chi connectivity index (χ0) is 27.4. The van der Waals surface area contributed by atoms with Gasteiger partial charge in [0.15, 0.2) is 11.7 Å². The number of aromatic nitrogens is 2. The predicted molar refractivity (Wildman–Crippen MR) is 147 cm³/mol. The SMILES string of the molecule is COC(=C=O)C[C@H](CN1CCC2CCN(C(=O)OC(C)(C)C)CC2C1)c1cccc(-n2nc(C)cc2C)c1. The number of carbonyl (C=O) groups excluding carboxylic acids is 2. The highest BCUT2D eigenvalue weighted by Gasteiger charge is 2.37. The first kappa shape index (κ1) is 27.9. The molecular weight excluding hydrogens is 480 g/mol. The van der Waals surface area contributed by atoms with Crippen LogP contribution in [0.3, 0.4) is 0 Å². The number of amides is 1. The number of fused-ring (bicyclic) bond motifs is 1. The number of ether oxygens (including phenoxy) is 2. The van der Waals surface area contributed by atoms with Crippen molar-refractivity contribution >= 4 is 12.0 Å². The molecule has 2 saturated heterocycles. The van der Waals surface area contributed by atoms with Crippen LogP contribution in [0.1, 0.15) is 62.9 Å². The number of nitrogens with zero attached hydrogens (tertiary/aromatic N) is 4. The Hall–Kier alpha value is -3.09. The molecule has 0 N–H and O–H groups in total. The van der Waals surface area contributed by atoms with E-state index in [1.807, 2.05) is 43.2 Å². The Kier molecular flexibility index (Phi) is 8.64. The summed E-state index contributed by atoms with van der Waals surface area (Å²) in [7, 11) is 1.53. The Labute approximate surface area is 226 Å². The van der Waals surface area contributed by atoms with E-state index in [0.29, 0.717) is 24.0 Å². The van der Waals surface area contributed by atoms with Gasteiger partial charge in [0.25, 0.3) is 0 Å². The summed E-state index contributed by atoms with van der Waals surface area (Å²) >= 11 is 0. The van der Waals surface area contributed by atoms with E-state index >= 15 is 0 Å². The van der Waals surface area contributed by atoms with Crippen LogP contribution >= 0.6 is 0 Å². The monoisotopic (exact) mass is 522 g/mol. The van der Waals surface area contributed by atoms with E-state index in [4.69, 9.17) is 9.47 Å². The van der Waals surface area contributed by atoms with Gasteiger partial charge in [-0.05, 0) is 89.6 Å². The van der Waals surface area contributed by atoms with Crippen molar-refractivity contribution in [2.75, 3.05) is 39.8 Å². The highest BCUT2D eigenvalue weighted by atomic mass is 16.6. The maximum absolute atomic E-state index is 12.7. The van der Waals surface area contributed by atoms with Crippen LogP contribution in [0, 0.1) is 25.7 Å². The zero-order valence-corrected chi connectivity index (χ0v) is 23.7. The number of aryl methyl sites for hydroxylation is 2. The van der Waals surface area contributed by atoms with Crippen LogP contribution in [0.2, 0.25) is 0 Å². The lowest BCUT2D eigenvalue weighted by Gasteiger charge is -2.45. The highest BCUT2D eigenvalue weighted by Crippen LogP contribution is 2.34. The zero-order valence-electron chi connectivity index (χ0n) is 23.7. The van der Waals surface area contributed by atoms with Crippen LogP contribution in [0.15, 0.2) is 36.1 Å². The number of methoxy groups -OCH3 is 1. The van der Waals surface area contributed by atoms with E-state index in [-0.39, 0.29) is 12.0 Å². The van der Waals surface area contributed by atoms with E-state index in [1.54, 1.807) is 0 Å². The molecule has 1 aromatic heterocycles. The summed E-state index contributed by atoms with van der Waals surface area (Å²) in [6, 6.07) is 10.5. The van der Waals surface area contributed by atoms with Crippen LogP contribution in [0.5, 0.6) is 0 Å². The van der Waals surface area contributed by atoms with Gasteiger partial charge in [-0.2, -0.15) is 5.10 Å². The summed E-state index contributed by atoms with van der Waals surface area (Å²) in [6.07, 6.45) is 2.40. The molecule has 3 atom stereocenters. The maximum atomic E-state index is 12.7. The van der Waals surface area contributed by atoms with Crippen LogP contribution < -0.4 is 0 Å². The largest absolute Gasteiger partial charge is 0.490 e. The summed E-state index contributed by atoms with van der Waals surface area (Å²) in [5, 5.41) is 4.65. The molecule has 0 bridgehead atoms. The molecule has 206 valence electrons. The van der Waals surface area contributed by atoms with E-state index in [2.05, 4.69) is 47.3 Å². The molecule has 2 fully saturated rings. The number of carbonyl (C=O) groups is 1. The van der Waals surface area contributed by atoms with E-state index in [9.17, 15) is 9.59 Å². The molecule has 4 rings (SSSR count). The third-order valence-corrected chi connectivity index (χ3v) is 7.72. The van der Waals surface area contributed by atoms with Crippen LogP contribution in [0.4, 0.5) is 4.79 Å². The summed E-state index contributed by atoms with van der Waals surface area (Å²) in [5.74, 6) is 3.41. The third-order valence-electron chi connectivity index (χ3n) is 7.72. The summed E-state index contributed by atoms with van der Waals surface area (Å²) in [5.41, 5.74) is 3.71. The first-order valence-electron chi connectivity index (χ1n) is 13.7.